The molecule has 0 radical (unpaired) electrons. The average molecular weight is 269 g/mol. The van der Waals surface area contributed by atoms with Gasteiger partial charge in [0.25, 0.3) is 0 Å². The molecule has 0 fully saturated rings. The summed E-state index contributed by atoms with van der Waals surface area (Å²) < 4.78 is 0. The Morgan fingerprint density at radius 2 is 1.80 bits per heavy atom. The summed E-state index contributed by atoms with van der Waals surface area (Å²) in [5.74, 6) is 0.368. The molecule has 0 amide bonds. The molecule has 2 nitrogen and oxygen atoms in total. The lowest BCUT2D eigenvalue weighted by molar-refractivity contribution is 0.424. The van der Waals surface area contributed by atoms with Crippen LogP contribution in [0.2, 0.25) is 0 Å². The number of phenolic OH excluding ortho intramolecular Hbond substituents is 1. The van der Waals surface area contributed by atoms with Gasteiger partial charge in [-0.3, -0.25) is 0 Å². The Morgan fingerprint density at radius 3 is 2.40 bits per heavy atom. The highest BCUT2D eigenvalue weighted by atomic mass is 16.3. The molecule has 2 heteroatoms. The quantitative estimate of drug-likeness (QED) is 0.837. The fraction of sp³-hybridized carbons (Fsp3) is 0.333. The SMILES string of the molecule is CCC(NC(C)c1ccc(C)cc1O)c1ccccc1. The molecule has 2 aromatic rings. The normalized spacial score (nSPS) is 13.9. The van der Waals surface area contributed by atoms with Gasteiger partial charge in [0.2, 0.25) is 0 Å². The number of hydrogen-bond donors (Lipinski definition) is 2. The van der Waals surface area contributed by atoms with Gasteiger partial charge >= 0.3 is 0 Å². The van der Waals surface area contributed by atoms with Crippen molar-refractivity contribution in [2.75, 3.05) is 0 Å². The predicted octanol–water partition coefficient (Wildman–Crippen LogP) is 4.50. The van der Waals surface area contributed by atoms with Gasteiger partial charge in [0.05, 0.1) is 0 Å². The summed E-state index contributed by atoms with van der Waals surface area (Å²) >= 11 is 0. The fourth-order valence-electron chi connectivity index (χ4n) is 2.55. The van der Waals surface area contributed by atoms with Crippen molar-refractivity contribution in [3.05, 3.63) is 65.2 Å². The Kier molecular flexibility index (Phi) is 4.80. The molecule has 0 aliphatic heterocycles. The first-order valence-electron chi connectivity index (χ1n) is 7.22. The van der Waals surface area contributed by atoms with Gasteiger partial charge in [-0.1, -0.05) is 49.4 Å². The Morgan fingerprint density at radius 1 is 1.10 bits per heavy atom. The summed E-state index contributed by atoms with van der Waals surface area (Å²) in [5, 5.41) is 13.7. The van der Waals surface area contributed by atoms with Crippen LogP contribution in [-0.2, 0) is 0 Å². The molecule has 0 aromatic heterocycles. The van der Waals surface area contributed by atoms with E-state index in [4.69, 9.17) is 0 Å². The number of nitrogens with one attached hydrogen (secondary N) is 1. The van der Waals surface area contributed by atoms with Gasteiger partial charge in [-0.25, -0.2) is 0 Å². The van der Waals surface area contributed by atoms with Crippen molar-refractivity contribution in [3.8, 4) is 5.75 Å². The standard InChI is InChI=1S/C18H23NO/c1-4-17(15-8-6-5-7-9-15)19-14(3)16-11-10-13(2)12-18(16)20/h5-12,14,17,19-20H,4H2,1-3H3. The molecule has 0 saturated heterocycles. The molecule has 2 rings (SSSR count). The summed E-state index contributed by atoms with van der Waals surface area (Å²) in [4.78, 5) is 0. The lowest BCUT2D eigenvalue weighted by Gasteiger charge is -2.23. The second-order valence-electron chi connectivity index (χ2n) is 5.32. The van der Waals surface area contributed by atoms with Crippen molar-refractivity contribution in [1.29, 1.82) is 0 Å². The zero-order valence-corrected chi connectivity index (χ0v) is 12.4. The first-order valence-corrected chi connectivity index (χ1v) is 7.22. The van der Waals surface area contributed by atoms with Crippen LogP contribution in [0.3, 0.4) is 0 Å². The van der Waals surface area contributed by atoms with Gasteiger partial charge in [0.15, 0.2) is 0 Å². The fourth-order valence-corrected chi connectivity index (χ4v) is 2.55. The van der Waals surface area contributed by atoms with E-state index >= 15 is 0 Å². The van der Waals surface area contributed by atoms with Crippen LogP contribution in [0.15, 0.2) is 48.5 Å². The second-order valence-corrected chi connectivity index (χ2v) is 5.32. The first-order chi connectivity index (χ1) is 9.61. The molecular formula is C18H23NO. The van der Waals surface area contributed by atoms with E-state index in [9.17, 15) is 5.11 Å². The molecule has 0 aliphatic rings. The van der Waals surface area contributed by atoms with Crippen molar-refractivity contribution in [3.63, 3.8) is 0 Å². The zero-order valence-electron chi connectivity index (χ0n) is 12.4. The van der Waals surface area contributed by atoms with Crippen LogP contribution < -0.4 is 5.32 Å². The van der Waals surface area contributed by atoms with E-state index < -0.39 is 0 Å². The summed E-state index contributed by atoms with van der Waals surface area (Å²) in [7, 11) is 0. The van der Waals surface area contributed by atoms with Gasteiger partial charge < -0.3 is 10.4 Å². The maximum Gasteiger partial charge on any atom is 0.120 e. The molecular weight excluding hydrogens is 246 g/mol. The number of aromatic hydroxyl groups is 1. The minimum atomic E-state index is 0.112. The van der Waals surface area contributed by atoms with Crippen molar-refractivity contribution in [2.24, 2.45) is 0 Å². The van der Waals surface area contributed by atoms with E-state index in [1.54, 1.807) is 0 Å². The number of phenols is 1. The summed E-state index contributed by atoms with van der Waals surface area (Å²) in [6.45, 7) is 6.25. The van der Waals surface area contributed by atoms with Gasteiger partial charge in [0, 0.05) is 17.6 Å². The highest BCUT2D eigenvalue weighted by Crippen LogP contribution is 2.28. The molecule has 0 aliphatic carbocycles. The molecule has 0 heterocycles. The van der Waals surface area contributed by atoms with Crippen molar-refractivity contribution in [1.82, 2.24) is 5.32 Å². The Labute approximate surface area is 121 Å². The first kappa shape index (κ1) is 14.6. The van der Waals surface area contributed by atoms with Crippen molar-refractivity contribution >= 4 is 0 Å². The molecule has 0 spiro atoms. The third-order valence-electron chi connectivity index (χ3n) is 3.71. The second kappa shape index (κ2) is 6.58. The van der Waals surface area contributed by atoms with Crippen LogP contribution >= 0.6 is 0 Å². The smallest absolute Gasteiger partial charge is 0.120 e. The number of hydrogen-bond acceptors (Lipinski definition) is 2. The third-order valence-corrected chi connectivity index (χ3v) is 3.71. The highest BCUT2D eigenvalue weighted by molar-refractivity contribution is 5.38. The molecule has 0 bridgehead atoms. The van der Waals surface area contributed by atoms with Crippen LogP contribution in [0.4, 0.5) is 0 Å². The van der Waals surface area contributed by atoms with Crippen LogP contribution in [0.25, 0.3) is 0 Å². The van der Waals surface area contributed by atoms with E-state index in [1.165, 1.54) is 5.56 Å². The van der Waals surface area contributed by atoms with Crippen LogP contribution in [-0.4, -0.2) is 5.11 Å². The van der Waals surface area contributed by atoms with Gasteiger partial charge in [-0.2, -0.15) is 0 Å². The van der Waals surface area contributed by atoms with E-state index in [0.717, 1.165) is 17.5 Å². The summed E-state index contributed by atoms with van der Waals surface area (Å²) in [5.41, 5.74) is 3.31. The zero-order chi connectivity index (χ0) is 14.5. The average Bonchev–Trinajstić information content (AvgIpc) is 2.45. The third kappa shape index (κ3) is 3.40. The van der Waals surface area contributed by atoms with Crippen molar-refractivity contribution in [2.45, 2.75) is 39.3 Å². The number of benzene rings is 2. The van der Waals surface area contributed by atoms with E-state index in [1.807, 2.05) is 31.2 Å². The predicted molar refractivity (Wildman–Crippen MR) is 83.9 cm³/mol. The van der Waals surface area contributed by atoms with E-state index in [0.29, 0.717) is 11.8 Å². The lowest BCUT2D eigenvalue weighted by atomic mass is 10.00. The summed E-state index contributed by atoms with van der Waals surface area (Å²) in [6, 6.07) is 16.7. The topological polar surface area (TPSA) is 32.3 Å². The Bertz CT molecular complexity index is 551. The molecule has 106 valence electrons. The van der Waals surface area contributed by atoms with Crippen LogP contribution in [0.1, 0.15) is 49.0 Å². The minimum absolute atomic E-state index is 0.112. The van der Waals surface area contributed by atoms with E-state index in [-0.39, 0.29) is 6.04 Å². The van der Waals surface area contributed by atoms with Crippen molar-refractivity contribution < 1.29 is 5.11 Å². The summed E-state index contributed by atoms with van der Waals surface area (Å²) in [6.07, 6.45) is 1.01. The monoisotopic (exact) mass is 269 g/mol. The van der Waals surface area contributed by atoms with Gasteiger partial charge in [-0.05, 0) is 37.5 Å². The van der Waals surface area contributed by atoms with Gasteiger partial charge in [-0.15, -0.1) is 0 Å². The minimum Gasteiger partial charge on any atom is -0.508 e. The highest BCUT2D eigenvalue weighted by Gasteiger charge is 2.15. The molecule has 2 atom stereocenters. The maximum absolute atomic E-state index is 10.1. The maximum atomic E-state index is 10.1. The molecule has 20 heavy (non-hydrogen) atoms. The molecule has 2 unspecified atom stereocenters. The van der Waals surface area contributed by atoms with Gasteiger partial charge in [0.1, 0.15) is 5.75 Å². The molecule has 0 saturated carbocycles. The van der Waals surface area contributed by atoms with Crippen LogP contribution in [0.5, 0.6) is 5.75 Å². The number of rotatable bonds is 5. The lowest BCUT2D eigenvalue weighted by Crippen LogP contribution is -2.24. The van der Waals surface area contributed by atoms with Crippen LogP contribution in [0, 0.1) is 6.92 Å². The Balaban J connectivity index is 2.15. The number of aryl methyl sites for hydroxylation is 1. The molecule has 2 aromatic carbocycles. The molecule has 2 N–H and O–H groups in total. The largest absolute Gasteiger partial charge is 0.508 e. The van der Waals surface area contributed by atoms with E-state index in [2.05, 4.69) is 43.4 Å². The Hall–Kier alpha value is -1.80.